The number of amides is 2. The van der Waals surface area contributed by atoms with Crippen LogP contribution in [0.15, 0.2) is 24.3 Å². The third kappa shape index (κ3) is 4.95. The summed E-state index contributed by atoms with van der Waals surface area (Å²) in [6.07, 6.45) is 0. The number of rotatable bonds is 6. The number of thioether (sulfide) groups is 1. The van der Waals surface area contributed by atoms with Crippen molar-refractivity contribution in [3.8, 4) is 0 Å². The van der Waals surface area contributed by atoms with Crippen LogP contribution in [0.3, 0.4) is 0 Å². The quantitative estimate of drug-likeness (QED) is 0.866. The maximum atomic E-state index is 12.0. The Hall–Kier alpha value is -1.49. The minimum absolute atomic E-state index is 0.0350. The SMILES string of the molecule is CC(C)c1cccc(N(C)C(=O)CSCC(N)=O)c1. The van der Waals surface area contributed by atoms with E-state index >= 15 is 0 Å². The van der Waals surface area contributed by atoms with Gasteiger partial charge in [0.2, 0.25) is 11.8 Å². The van der Waals surface area contributed by atoms with E-state index in [-0.39, 0.29) is 17.4 Å². The number of hydrogen-bond acceptors (Lipinski definition) is 3. The van der Waals surface area contributed by atoms with Crippen LogP contribution in [0, 0.1) is 0 Å². The lowest BCUT2D eigenvalue weighted by atomic mass is 10.0. The van der Waals surface area contributed by atoms with E-state index in [0.29, 0.717) is 5.92 Å². The summed E-state index contributed by atoms with van der Waals surface area (Å²) in [6, 6.07) is 7.92. The lowest BCUT2D eigenvalue weighted by Gasteiger charge is -2.18. The molecule has 0 saturated carbocycles. The number of primary amides is 1. The first kappa shape index (κ1) is 15.6. The van der Waals surface area contributed by atoms with Gasteiger partial charge < -0.3 is 10.6 Å². The van der Waals surface area contributed by atoms with Crippen LogP contribution in [0.5, 0.6) is 0 Å². The Morgan fingerprint density at radius 2 is 2.00 bits per heavy atom. The predicted molar refractivity (Wildman–Crippen MR) is 80.5 cm³/mol. The first-order chi connectivity index (χ1) is 8.91. The fraction of sp³-hybridized carbons (Fsp3) is 0.429. The van der Waals surface area contributed by atoms with Crippen LogP contribution in [-0.2, 0) is 9.59 Å². The molecule has 0 aromatic heterocycles. The van der Waals surface area contributed by atoms with Crippen molar-refractivity contribution in [2.45, 2.75) is 19.8 Å². The molecule has 0 spiro atoms. The van der Waals surface area contributed by atoms with E-state index in [4.69, 9.17) is 5.73 Å². The van der Waals surface area contributed by atoms with Crippen LogP contribution in [0.4, 0.5) is 5.69 Å². The second-order valence-corrected chi connectivity index (χ2v) is 5.65. The zero-order valence-electron chi connectivity index (χ0n) is 11.6. The second kappa shape index (κ2) is 7.19. The number of carbonyl (C=O) groups is 2. The van der Waals surface area contributed by atoms with Crippen LogP contribution >= 0.6 is 11.8 Å². The normalized spacial score (nSPS) is 10.5. The van der Waals surface area contributed by atoms with Crippen LogP contribution in [-0.4, -0.2) is 30.4 Å². The molecule has 19 heavy (non-hydrogen) atoms. The molecule has 0 heterocycles. The van der Waals surface area contributed by atoms with Crippen LogP contribution in [0.1, 0.15) is 25.3 Å². The fourth-order valence-corrected chi connectivity index (χ4v) is 2.24. The minimum atomic E-state index is -0.401. The van der Waals surface area contributed by atoms with Crippen molar-refractivity contribution in [2.24, 2.45) is 5.73 Å². The largest absolute Gasteiger partial charge is 0.369 e. The van der Waals surface area contributed by atoms with Gasteiger partial charge >= 0.3 is 0 Å². The summed E-state index contributed by atoms with van der Waals surface area (Å²) in [5.74, 6) is 0.416. The van der Waals surface area contributed by atoms with Crippen molar-refractivity contribution in [1.82, 2.24) is 0 Å². The smallest absolute Gasteiger partial charge is 0.236 e. The predicted octanol–water partition coefficient (Wildman–Crippen LogP) is 1.99. The monoisotopic (exact) mass is 280 g/mol. The molecule has 0 atom stereocenters. The van der Waals surface area contributed by atoms with Crippen molar-refractivity contribution in [1.29, 1.82) is 0 Å². The van der Waals surface area contributed by atoms with Crippen molar-refractivity contribution >= 4 is 29.3 Å². The summed E-state index contributed by atoms with van der Waals surface area (Å²) in [7, 11) is 1.74. The van der Waals surface area contributed by atoms with Gasteiger partial charge in [-0.05, 0) is 23.6 Å². The number of anilines is 1. The zero-order valence-corrected chi connectivity index (χ0v) is 12.4. The molecule has 0 saturated heterocycles. The van der Waals surface area contributed by atoms with Gasteiger partial charge in [-0.25, -0.2) is 0 Å². The molecule has 0 unspecified atom stereocenters. The molecule has 2 N–H and O–H groups in total. The van der Waals surface area contributed by atoms with Gasteiger partial charge in [0.25, 0.3) is 0 Å². The van der Waals surface area contributed by atoms with E-state index in [1.165, 1.54) is 17.3 Å². The average molecular weight is 280 g/mol. The number of carbonyl (C=O) groups excluding carboxylic acids is 2. The Morgan fingerprint density at radius 1 is 1.32 bits per heavy atom. The van der Waals surface area contributed by atoms with E-state index in [0.717, 1.165) is 5.69 Å². The third-order valence-corrected chi connectivity index (χ3v) is 3.71. The summed E-state index contributed by atoms with van der Waals surface area (Å²) in [5.41, 5.74) is 7.10. The highest BCUT2D eigenvalue weighted by Gasteiger charge is 2.12. The molecule has 0 aliphatic carbocycles. The van der Waals surface area contributed by atoms with Gasteiger partial charge in [-0.2, -0.15) is 0 Å². The highest BCUT2D eigenvalue weighted by atomic mass is 32.2. The lowest BCUT2D eigenvalue weighted by molar-refractivity contribution is -0.116. The molecule has 0 aliphatic heterocycles. The molecule has 5 heteroatoms. The van der Waals surface area contributed by atoms with Crippen molar-refractivity contribution in [3.05, 3.63) is 29.8 Å². The summed E-state index contributed by atoms with van der Waals surface area (Å²) in [5, 5.41) is 0. The topological polar surface area (TPSA) is 63.4 Å². The molecule has 1 aromatic rings. The molecule has 1 aromatic carbocycles. The Kier molecular flexibility index (Phi) is 5.89. The number of hydrogen-bond donors (Lipinski definition) is 1. The van der Waals surface area contributed by atoms with Crippen molar-refractivity contribution < 1.29 is 9.59 Å². The lowest BCUT2D eigenvalue weighted by Crippen LogP contribution is -2.28. The van der Waals surface area contributed by atoms with E-state index < -0.39 is 5.91 Å². The molecule has 0 aliphatic rings. The Labute approximate surface area is 118 Å². The summed E-state index contributed by atoms with van der Waals surface area (Å²) < 4.78 is 0. The molecule has 0 fully saturated rings. The summed E-state index contributed by atoms with van der Waals surface area (Å²) in [4.78, 5) is 24.2. The van der Waals surface area contributed by atoms with Gasteiger partial charge in [0.15, 0.2) is 0 Å². The van der Waals surface area contributed by atoms with E-state index in [1.54, 1.807) is 11.9 Å². The Bertz CT molecular complexity index is 461. The van der Waals surface area contributed by atoms with E-state index in [2.05, 4.69) is 13.8 Å². The summed E-state index contributed by atoms with van der Waals surface area (Å²) in [6.45, 7) is 4.23. The molecular weight excluding hydrogens is 260 g/mol. The highest BCUT2D eigenvalue weighted by molar-refractivity contribution is 8.00. The molecule has 104 valence electrons. The van der Waals surface area contributed by atoms with Gasteiger partial charge in [0, 0.05) is 12.7 Å². The van der Waals surface area contributed by atoms with Gasteiger partial charge in [0.05, 0.1) is 11.5 Å². The number of nitrogens with two attached hydrogens (primary N) is 1. The van der Waals surface area contributed by atoms with Crippen molar-refractivity contribution in [3.63, 3.8) is 0 Å². The third-order valence-electron chi connectivity index (χ3n) is 2.77. The molecule has 0 bridgehead atoms. The average Bonchev–Trinajstić information content (AvgIpc) is 2.37. The number of nitrogens with zero attached hydrogens (tertiary/aromatic N) is 1. The second-order valence-electron chi connectivity index (χ2n) is 4.66. The maximum absolute atomic E-state index is 12.0. The molecule has 1 rings (SSSR count). The zero-order chi connectivity index (χ0) is 14.4. The molecular formula is C14H20N2O2S. The molecule has 2 amide bonds. The van der Waals surface area contributed by atoms with Crippen LogP contribution in [0.25, 0.3) is 0 Å². The highest BCUT2D eigenvalue weighted by Crippen LogP contribution is 2.21. The summed E-state index contributed by atoms with van der Waals surface area (Å²) >= 11 is 1.24. The van der Waals surface area contributed by atoms with Crippen molar-refractivity contribution in [2.75, 3.05) is 23.5 Å². The standard InChI is InChI=1S/C14H20N2O2S/c1-10(2)11-5-4-6-12(7-11)16(3)14(18)9-19-8-13(15)17/h4-7,10H,8-9H2,1-3H3,(H2,15,17). The molecule has 0 radical (unpaired) electrons. The van der Waals surface area contributed by atoms with Gasteiger partial charge in [-0.15, -0.1) is 11.8 Å². The van der Waals surface area contributed by atoms with E-state index in [9.17, 15) is 9.59 Å². The van der Waals surface area contributed by atoms with Gasteiger partial charge in [0.1, 0.15) is 0 Å². The minimum Gasteiger partial charge on any atom is -0.369 e. The van der Waals surface area contributed by atoms with Gasteiger partial charge in [-0.3, -0.25) is 9.59 Å². The van der Waals surface area contributed by atoms with Gasteiger partial charge in [-0.1, -0.05) is 26.0 Å². The maximum Gasteiger partial charge on any atom is 0.236 e. The Balaban J connectivity index is 2.66. The number of benzene rings is 1. The molecule has 4 nitrogen and oxygen atoms in total. The van der Waals surface area contributed by atoms with Crippen LogP contribution in [0.2, 0.25) is 0 Å². The Morgan fingerprint density at radius 3 is 2.58 bits per heavy atom. The fourth-order valence-electron chi connectivity index (χ4n) is 1.57. The van der Waals surface area contributed by atoms with E-state index in [1.807, 2.05) is 24.3 Å². The van der Waals surface area contributed by atoms with Crippen LogP contribution < -0.4 is 10.6 Å². The first-order valence-corrected chi connectivity index (χ1v) is 7.30. The first-order valence-electron chi connectivity index (χ1n) is 6.14.